The van der Waals surface area contributed by atoms with E-state index in [2.05, 4.69) is 0 Å². The van der Waals surface area contributed by atoms with Crippen LogP contribution in [0.3, 0.4) is 0 Å². The Hall–Kier alpha value is -0.890. The predicted molar refractivity (Wildman–Crippen MR) is 33.9 cm³/mol. The third kappa shape index (κ3) is 1.27. The summed E-state index contributed by atoms with van der Waals surface area (Å²) in [6.45, 7) is -0.362. The van der Waals surface area contributed by atoms with Gasteiger partial charge in [0.15, 0.2) is 5.78 Å². The summed E-state index contributed by atoms with van der Waals surface area (Å²) in [5.41, 5.74) is 0. The maximum Gasteiger partial charge on any atom is 0.168 e. The van der Waals surface area contributed by atoms with E-state index in [1.807, 2.05) is 0 Å². The highest BCUT2D eigenvalue weighted by atomic mass is 16.3. The Balaban J connectivity index is 2.53. The Bertz CT molecular complexity index is 156. The quantitative estimate of drug-likeness (QED) is 0.574. The third-order valence-corrected chi connectivity index (χ3v) is 1.28. The minimum absolute atomic E-state index is 0.139. The zero-order chi connectivity index (χ0) is 6.69. The SMILES string of the molecule is O=C(CO)C1C=CC=C1. The van der Waals surface area contributed by atoms with Crippen LogP contribution in [-0.2, 0) is 4.79 Å². The number of ketones is 1. The van der Waals surface area contributed by atoms with Gasteiger partial charge in [0, 0.05) is 0 Å². The first kappa shape index (κ1) is 6.23. The smallest absolute Gasteiger partial charge is 0.168 e. The van der Waals surface area contributed by atoms with Gasteiger partial charge in [-0.1, -0.05) is 24.3 Å². The van der Waals surface area contributed by atoms with Crippen LogP contribution in [0.2, 0.25) is 0 Å². The van der Waals surface area contributed by atoms with Gasteiger partial charge < -0.3 is 5.11 Å². The summed E-state index contributed by atoms with van der Waals surface area (Å²) in [4.78, 5) is 10.7. The second kappa shape index (κ2) is 2.60. The van der Waals surface area contributed by atoms with Crippen LogP contribution < -0.4 is 0 Å². The first-order chi connectivity index (χ1) is 4.34. The molecule has 0 spiro atoms. The number of hydrogen-bond donors (Lipinski definition) is 1. The van der Waals surface area contributed by atoms with Crippen molar-refractivity contribution in [2.24, 2.45) is 5.92 Å². The van der Waals surface area contributed by atoms with Gasteiger partial charge >= 0.3 is 0 Å². The van der Waals surface area contributed by atoms with Crippen molar-refractivity contribution in [1.82, 2.24) is 0 Å². The van der Waals surface area contributed by atoms with Gasteiger partial charge in [-0.05, 0) is 0 Å². The predicted octanol–water partition coefficient (Wildman–Crippen LogP) is 0.290. The average Bonchev–Trinajstić information content (AvgIpc) is 2.37. The number of carbonyl (C=O) groups excluding carboxylic acids is 1. The number of aliphatic hydroxyl groups is 1. The summed E-state index contributed by atoms with van der Waals surface area (Å²) >= 11 is 0. The van der Waals surface area contributed by atoms with Gasteiger partial charge in [-0.2, -0.15) is 0 Å². The van der Waals surface area contributed by atoms with Crippen molar-refractivity contribution in [2.75, 3.05) is 6.61 Å². The van der Waals surface area contributed by atoms with Gasteiger partial charge in [-0.3, -0.25) is 4.79 Å². The Morgan fingerprint density at radius 3 is 2.44 bits per heavy atom. The highest BCUT2D eigenvalue weighted by Gasteiger charge is 2.11. The number of aliphatic hydroxyl groups excluding tert-OH is 1. The summed E-state index contributed by atoms with van der Waals surface area (Å²) in [7, 11) is 0. The lowest BCUT2D eigenvalue weighted by atomic mass is 10.1. The Labute approximate surface area is 53.5 Å². The number of Topliss-reactive ketones (excluding diaryl/α,β-unsaturated/α-hetero) is 1. The molecule has 0 aliphatic heterocycles. The molecule has 1 rings (SSSR count). The van der Waals surface area contributed by atoms with Crippen molar-refractivity contribution < 1.29 is 9.90 Å². The van der Waals surface area contributed by atoms with E-state index in [4.69, 9.17) is 5.11 Å². The lowest BCUT2D eigenvalue weighted by molar-refractivity contribution is -0.123. The van der Waals surface area contributed by atoms with Crippen molar-refractivity contribution in [3.05, 3.63) is 24.3 Å². The number of allylic oxidation sites excluding steroid dienone is 4. The standard InChI is InChI=1S/C7H8O2/c8-5-7(9)6-3-1-2-4-6/h1-4,6,8H,5H2. The van der Waals surface area contributed by atoms with E-state index in [0.717, 1.165) is 0 Å². The van der Waals surface area contributed by atoms with Gasteiger partial charge in [0.05, 0.1) is 5.92 Å². The van der Waals surface area contributed by atoms with E-state index in [1.54, 1.807) is 24.3 Å². The fourth-order valence-corrected chi connectivity index (χ4v) is 0.752. The normalized spacial score (nSPS) is 17.0. The molecule has 0 saturated carbocycles. The molecule has 0 atom stereocenters. The molecule has 0 aromatic heterocycles. The summed E-state index contributed by atoms with van der Waals surface area (Å²) in [6.07, 6.45) is 7.13. The van der Waals surface area contributed by atoms with Crippen molar-refractivity contribution >= 4 is 5.78 Å². The van der Waals surface area contributed by atoms with E-state index < -0.39 is 0 Å². The molecule has 2 nitrogen and oxygen atoms in total. The minimum Gasteiger partial charge on any atom is -0.389 e. The van der Waals surface area contributed by atoms with Gasteiger partial charge in [-0.25, -0.2) is 0 Å². The largest absolute Gasteiger partial charge is 0.389 e. The minimum atomic E-state index is -0.362. The summed E-state index contributed by atoms with van der Waals surface area (Å²) < 4.78 is 0. The molecule has 0 aromatic rings. The molecule has 9 heavy (non-hydrogen) atoms. The summed E-state index contributed by atoms with van der Waals surface area (Å²) in [6, 6.07) is 0. The number of hydrogen-bond acceptors (Lipinski definition) is 2. The van der Waals surface area contributed by atoms with E-state index in [9.17, 15) is 4.79 Å². The van der Waals surface area contributed by atoms with Crippen molar-refractivity contribution in [3.8, 4) is 0 Å². The third-order valence-electron chi connectivity index (χ3n) is 1.28. The van der Waals surface area contributed by atoms with Crippen LogP contribution in [0, 0.1) is 5.92 Å². The second-order valence-electron chi connectivity index (χ2n) is 1.92. The molecule has 0 radical (unpaired) electrons. The van der Waals surface area contributed by atoms with Gasteiger partial charge in [0.1, 0.15) is 6.61 Å². The Morgan fingerprint density at radius 1 is 1.44 bits per heavy atom. The second-order valence-corrected chi connectivity index (χ2v) is 1.92. The molecule has 0 bridgehead atoms. The van der Waals surface area contributed by atoms with Crippen LogP contribution >= 0.6 is 0 Å². The van der Waals surface area contributed by atoms with Crippen LogP contribution in [0.15, 0.2) is 24.3 Å². The summed E-state index contributed by atoms with van der Waals surface area (Å²) in [5, 5.41) is 8.38. The molecule has 0 heterocycles. The lowest BCUT2D eigenvalue weighted by Gasteiger charge is -1.97. The fourth-order valence-electron chi connectivity index (χ4n) is 0.752. The molecule has 0 fully saturated rings. The monoisotopic (exact) mass is 124 g/mol. The maximum absolute atomic E-state index is 10.7. The van der Waals surface area contributed by atoms with Crippen molar-refractivity contribution in [2.45, 2.75) is 0 Å². The van der Waals surface area contributed by atoms with Gasteiger partial charge in [-0.15, -0.1) is 0 Å². The molecule has 1 aliphatic rings. The van der Waals surface area contributed by atoms with E-state index >= 15 is 0 Å². The van der Waals surface area contributed by atoms with Crippen LogP contribution in [0.5, 0.6) is 0 Å². The van der Waals surface area contributed by atoms with Crippen LogP contribution in [0.4, 0.5) is 0 Å². The zero-order valence-corrected chi connectivity index (χ0v) is 4.95. The van der Waals surface area contributed by atoms with E-state index in [-0.39, 0.29) is 18.3 Å². The van der Waals surface area contributed by atoms with Crippen molar-refractivity contribution in [3.63, 3.8) is 0 Å². The fraction of sp³-hybridized carbons (Fsp3) is 0.286. The van der Waals surface area contributed by atoms with Crippen LogP contribution in [0.1, 0.15) is 0 Å². The molecule has 0 unspecified atom stereocenters. The molecule has 1 N–H and O–H groups in total. The first-order valence-corrected chi connectivity index (χ1v) is 2.83. The lowest BCUT2D eigenvalue weighted by Crippen LogP contribution is -2.12. The molecule has 0 aromatic carbocycles. The first-order valence-electron chi connectivity index (χ1n) is 2.83. The Kier molecular flexibility index (Phi) is 1.80. The molecule has 1 aliphatic carbocycles. The van der Waals surface area contributed by atoms with Crippen LogP contribution in [-0.4, -0.2) is 17.5 Å². The van der Waals surface area contributed by atoms with E-state index in [0.29, 0.717) is 0 Å². The van der Waals surface area contributed by atoms with Crippen molar-refractivity contribution in [1.29, 1.82) is 0 Å². The van der Waals surface area contributed by atoms with Gasteiger partial charge in [0.2, 0.25) is 0 Å². The highest BCUT2D eigenvalue weighted by Crippen LogP contribution is 2.08. The van der Waals surface area contributed by atoms with Crippen LogP contribution in [0.25, 0.3) is 0 Å². The van der Waals surface area contributed by atoms with Gasteiger partial charge in [0.25, 0.3) is 0 Å². The molecular formula is C7H8O2. The molecular weight excluding hydrogens is 116 g/mol. The molecule has 48 valence electrons. The highest BCUT2D eigenvalue weighted by molar-refractivity contribution is 5.86. The zero-order valence-electron chi connectivity index (χ0n) is 4.95. The number of rotatable bonds is 2. The summed E-state index contributed by atoms with van der Waals surface area (Å²) in [5.74, 6) is -0.310. The molecule has 0 amide bonds. The Morgan fingerprint density at radius 2 is 2.00 bits per heavy atom. The topological polar surface area (TPSA) is 37.3 Å². The molecule has 2 heteroatoms. The maximum atomic E-state index is 10.7. The molecule has 0 saturated heterocycles. The van der Waals surface area contributed by atoms with E-state index in [1.165, 1.54) is 0 Å². The number of carbonyl (C=O) groups is 1. The average molecular weight is 124 g/mol.